The van der Waals surface area contributed by atoms with E-state index in [9.17, 15) is 43.2 Å². The maximum atomic E-state index is 12.9. The van der Waals surface area contributed by atoms with Gasteiger partial charge in [-0.2, -0.15) is 0 Å². The number of halogens is 11. The van der Waals surface area contributed by atoms with Crippen LogP contribution < -0.4 is 4.74 Å². The van der Waals surface area contributed by atoms with Crippen LogP contribution in [-0.4, -0.2) is 0 Å². The molecule has 0 atom stereocenters. The molecule has 0 bridgehead atoms. The van der Waals surface area contributed by atoms with Crippen molar-refractivity contribution >= 4 is 20.4 Å². The van der Waals surface area contributed by atoms with E-state index in [1.54, 1.807) is 0 Å². The lowest BCUT2D eigenvalue weighted by atomic mass is 10.3. The van der Waals surface area contributed by atoms with Crippen molar-refractivity contribution < 1.29 is 48.0 Å². The zero-order valence-corrected chi connectivity index (χ0v) is 10.1. The maximum Gasteiger partial charge on any atom is 0.315 e. The fourth-order valence-electron chi connectivity index (χ4n) is 1.44. The van der Waals surface area contributed by atoms with Crippen LogP contribution in [0.15, 0.2) is 15.9 Å². The average Bonchev–Trinajstić information content (AvgIpc) is 2.69. The molecule has 0 saturated heterocycles. The second kappa shape index (κ2) is 2.44. The first-order valence-electron chi connectivity index (χ1n) is 4.13. The summed E-state index contributed by atoms with van der Waals surface area (Å²) in [5.41, 5.74) is 0. The van der Waals surface area contributed by atoms with Crippen LogP contribution in [0.4, 0.5) is 43.2 Å². The van der Waals surface area contributed by atoms with Gasteiger partial charge < -0.3 is 4.74 Å². The van der Waals surface area contributed by atoms with Gasteiger partial charge >= 0.3 is 20.4 Å². The Morgan fingerprint density at radius 1 is 0.700 bits per heavy atom. The van der Waals surface area contributed by atoms with Crippen LogP contribution >= 0.6 is 20.4 Å². The summed E-state index contributed by atoms with van der Waals surface area (Å²) in [7, 11) is -22.6. The van der Waals surface area contributed by atoms with Gasteiger partial charge in [-0.25, -0.2) is 4.39 Å². The molecule has 0 N–H and O–H groups in total. The highest BCUT2D eigenvalue weighted by atomic mass is 32.5. The Hall–Kier alpha value is -1.05. The molecule has 0 saturated carbocycles. The molecule has 0 spiro atoms. The minimum absolute atomic E-state index is 0.463. The van der Waals surface area contributed by atoms with Gasteiger partial charge in [-0.05, 0) is 0 Å². The monoisotopic (exact) mass is 362 g/mol. The fraction of sp³-hybridized carbons (Fsp3) is 0. The lowest BCUT2D eigenvalue weighted by Gasteiger charge is -2.47. The number of fused-ring (bicyclic) bond motifs is 1. The van der Waals surface area contributed by atoms with Crippen molar-refractivity contribution in [1.29, 1.82) is 0 Å². The quantitative estimate of drug-likeness (QED) is 0.405. The number of ether oxygens (including phenoxy) is 1. The van der Waals surface area contributed by atoms with Gasteiger partial charge in [0.15, 0.2) is 27.1 Å². The van der Waals surface area contributed by atoms with Gasteiger partial charge in [-0.15, -0.1) is 0 Å². The Morgan fingerprint density at radius 2 is 1.10 bits per heavy atom. The predicted octanol–water partition coefficient (Wildman–Crippen LogP) is 7.25. The van der Waals surface area contributed by atoms with E-state index in [1.165, 1.54) is 0 Å². The van der Waals surface area contributed by atoms with Crippen molar-refractivity contribution in [1.82, 2.24) is 0 Å². The summed E-state index contributed by atoms with van der Waals surface area (Å²) in [4.78, 5) is -8.38. The smallest absolute Gasteiger partial charge is 0.315 e. The van der Waals surface area contributed by atoms with E-state index < -0.39 is 53.6 Å². The summed E-state index contributed by atoms with van der Waals surface area (Å²) < 4.78 is 141. The first kappa shape index (κ1) is 15.3. The zero-order valence-electron chi connectivity index (χ0n) is 8.46. The van der Waals surface area contributed by atoms with Crippen LogP contribution in [0.25, 0.3) is 0 Å². The third kappa shape index (κ3) is 2.57. The van der Waals surface area contributed by atoms with E-state index in [0.29, 0.717) is 0 Å². The second-order valence-corrected chi connectivity index (χ2v) is 8.58. The molecule has 0 amide bonds. The molecule has 1 nitrogen and oxygen atoms in total. The molecule has 14 heteroatoms. The molecule has 0 aromatic heterocycles. The molecule has 1 aromatic carbocycles. The third-order valence-corrected chi connectivity index (χ3v) is 4.51. The molecule has 2 rings (SSSR count). The number of rotatable bonds is 2. The molecule has 1 aliphatic heterocycles. The van der Waals surface area contributed by atoms with E-state index in [-0.39, 0.29) is 0 Å². The summed E-state index contributed by atoms with van der Waals surface area (Å²) in [6.07, 6.45) is 0. The van der Waals surface area contributed by atoms with E-state index >= 15 is 0 Å². The van der Waals surface area contributed by atoms with E-state index in [0.717, 1.165) is 0 Å². The highest BCUT2D eigenvalue weighted by Gasteiger charge is 2.79. The van der Waals surface area contributed by atoms with Crippen molar-refractivity contribution in [3.63, 3.8) is 0 Å². The Kier molecular flexibility index (Phi) is 1.87. The molecule has 1 aromatic rings. The van der Waals surface area contributed by atoms with Crippen molar-refractivity contribution in [3.05, 3.63) is 11.9 Å². The summed E-state index contributed by atoms with van der Waals surface area (Å²) >= 11 is 0. The topological polar surface area (TPSA) is 12.5 Å². The van der Waals surface area contributed by atoms with E-state index in [2.05, 4.69) is 4.74 Å². The van der Waals surface area contributed by atoms with Crippen LogP contribution in [0.3, 0.4) is 0 Å². The number of hydrogen-bond donors (Lipinski definition) is 0. The van der Waals surface area contributed by atoms with Crippen molar-refractivity contribution in [2.24, 2.45) is 0 Å². The number of hydrogen-bond acceptors (Lipinski definition) is 1. The van der Waals surface area contributed by atoms with Gasteiger partial charge in [0.2, 0.25) is 0 Å². The molecule has 0 fully saturated rings. The lowest BCUT2D eigenvalue weighted by Crippen LogP contribution is -2.16. The number of benzene rings is 1. The zero-order chi connectivity index (χ0) is 16.1. The average molecular weight is 362 g/mol. The molecule has 0 aliphatic carbocycles. The lowest BCUT2D eigenvalue weighted by molar-refractivity contribution is 0.327. The van der Waals surface area contributed by atoms with Gasteiger partial charge in [0, 0.05) is 6.07 Å². The van der Waals surface area contributed by atoms with E-state index in [1.807, 2.05) is 0 Å². The summed E-state index contributed by atoms with van der Waals surface area (Å²) in [6.45, 7) is 0. The Labute approximate surface area is 102 Å². The first-order chi connectivity index (χ1) is 8.10. The highest BCUT2D eigenvalue weighted by molar-refractivity contribution is 8.48. The van der Waals surface area contributed by atoms with Crippen molar-refractivity contribution in [2.75, 3.05) is 0 Å². The van der Waals surface area contributed by atoms with Gasteiger partial charge in [0.05, 0.1) is 0 Å². The fourth-order valence-corrected chi connectivity index (χ4v) is 4.20. The van der Waals surface area contributed by atoms with Gasteiger partial charge in [-0.1, -0.05) is 38.9 Å². The normalized spacial score (nSPS) is 21.8. The predicted molar refractivity (Wildman–Crippen MR) is 49.3 cm³/mol. The Bertz CT molecular complexity index is 621. The summed E-state index contributed by atoms with van der Waals surface area (Å²) in [5.74, 6) is -6.63. The highest BCUT2D eigenvalue weighted by Crippen LogP contribution is 3.11. The molecule has 1 heterocycles. The molecular weight excluding hydrogens is 361 g/mol. The van der Waals surface area contributed by atoms with Crippen molar-refractivity contribution in [2.45, 2.75) is 9.79 Å². The van der Waals surface area contributed by atoms with Crippen LogP contribution in [0.1, 0.15) is 0 Å². The summed E-state index contributed by atoms with van der Waals surface area (Å²) in [5, 5.41) is 0. The summed E-state index contributed by atoms with van der Waals surface area (Å²) in [6, 6.07) is -0.463. The van der Waals surface area contributed by atoms with Crippen LogP contribution in [0.2, 0.25) is 0 Å². The van der Waals surface area contributed by atoms with Gasteiger partial charge in [0.1, 0.15) is 0 Å². The van der Waals surface area contributed by atoms with Gasteiger partial charge in [-0.3, -0.25) is 0 Å². The first-order valence-corrected chi connectivity index (χ1v) is 8.03. The van der Waals surface area contributed by atoms with E-state index in [4.69, 9.17) is 0 Å². The minimum atomic E-state index is -11.4. The molecule has 20 heavy (non-hydrogen) atoms. The standard InChI is InChI=1S/C6HF11OS2/c7-2-1-3-4(18-3)6(20(13,14,15,16)17)5(2)19(8,9,10,11)12/h1H. The molecule has 120 valence electrons. The second-order valence-electron chi connectivity index (χ2n) is 3.88. The largest absolute Gasteiger partial charge is 0.448 e. The Morgan fingerprint density at radius 3 is 1.45 bits per heavy atom. The SMILES string of the molecule is Fc1cc2c(c(S(F)(F)(F)(F)F)c1S(F)(F)(F)(F)F)O2. The van der Waals surface area contributed by atoms with Gasteiger partial charge in [0.25, 0.3) is 0 Å². The minimum Gasteiger partial charge on any atom is -0.448 e. The third-order valence-electron chi connectivity index (χ3n) is 2.05. The van der Waals surface area contributed by atoms with Crippen LogP contribution in [0.5, 0.6) is 11.5 Å². The van der Waals surface area contributed by atoms with Crippen LogP contribution in [-0.2, 0) is 0 Å². The van der Waals surface area contributed by atoms with Crippen LogP contribution in [0, 0.1) is 5.82 Å². The van der Waals surface area contributed by atoms with Crippen molar-refractivity contribution in [3.8, 4) is 11.5 Å². The molecular formula is C6HF11OS2. The maximum absolute atomic E-state index is 12.9. The molecule has 1 aliphatic rings. The molecule has 0 radical (unpaired) electrons. The Balaban J connectivity index is 3.07. The molecule has 0 unspecified atom stereocenters.